The standard InChI is InChI=1S/C9H16N2O3/c1-3-4-6-11(7-5-10)8(12)9(13)14-2/h9,13H,3-4,6-7H2,1-2H3. The molecule has 14 heavy (non-hydrogen) atoms. The molecule has 0 aromatic heterocycles. The molecule has 0 radical (unpaired) electrons. The molecule has 0 rings (SSSR count). The molecule has 5 heteroatoms. The van der Waals surface area contributed by atoms with Gasteiger partial charge in [0.2, 0.25) is 6.29 Å². The van der Waals surface area contributed by atoms with Crippen molar-refractivity contribution in [1.82, 2.24) is 4.90 Å². The van der Waals surface area contributed by atoms with Gasteiger partial charge in [0.05, 0.1) is 6.07 Å². The smallest absolute Gasteiger partial charge is 0.280 e. The Labute approximate surface area is 83.9 Å². The highest BCUT2D eigenvalue weighted by atomic mass is 16.6. The highest BCUT2D eigenvalue weighted by Crippen LogP contribution is 1.99. The van der Waals surface area contributed by atoms with Crippen LogP contribution < -0.4 is 0 Å². The van der Waals surface area contributed by atoms with Crippen molar-refractivity contribution in [3.05, 3.63) is 0 Å². The minimum Gasteiger partial charge on any atom is -0.361 e. The number of amides is 1. The normalized spacial score (nSPS) is 11.9. The van der Waals surface area contributed by atoms with E-state index in [-0.39, 0.29) is 6.54 Å². The number of hydrogen-bond acceptors (Lipinski definition) is 4. The third-order valence-corrected chi connectivity index (χ3v) is 1.79. The molecule has 0 bridgehead atoms. The summed E-state index contributed by atoms with van der Waals surface area (Å²) in [5, 5.41) is 17.6. The summed E-state index contributed by atoms with van der Waals surface area (Å²) in [6.07, 6.45) is 0.280. The molecule has 0 heterocycles. The highest BCUT2D eigenvalue weighted by molar-refractivity contribution is 5.79. The van der Waals surface area contributed by atoms with E-state index in [0.717, 1.165) is 12.8 Å². The van der Waals surface area contributed by atoms with Crippen molar-refractivity contribution in [1.29, 1.82) is 5.26 Å². The number of aliphatic hydroxyl groups is 1. The second-order valence-corrected chi connectivity index (χ2v) is 2.86. The lowest BCUT2D eigenvalue weighted by Crippen LogP contribution is -2.40. The number of carbonyl (C=O) groups is 1. The quantitative estimate of drug-likeness (QED) is 0.487. The van der Waals surface area contributed by atoms with Gasteiger partial charge in [-0.15, -0.1) is 0 Å². The van der Waals surface area contributed by atoms with Gasteiger partial charge in [-0.25, -0.2) is 0 Å². The van der Waals surface area contributed by atoms with Gasteiger partial charge in [0.1, 0.15) is 6.54 Å². The molecule has 0 saturated carbocycles. The maximum atomic E-state index is 11.4. The van der Waals surface area contributed by atoms with Crippen molar-refractivity contribution >= 4 is 5.91 Å². The maximum absolute atomic E-state index is 11.4. The first-order valence-corrected chi connectivity index (χ1v) is 4.54. The zero-order chi connectivity index (χ0) is 11.0. The van der Waals surface area contributed by atoms with Crippen LogP contribution in [0.4, 0.5) is 0 Å². The van der Waals surface area contributed by atoms with Crippen LogP contribution in [0.15, 0.2) is 0 Å². The van der Waals surface area contributed by atoms with Gasteiger partial charge in [0, 0.05) is 13.7 Å². The van der Waals surface area contributed by atoms with Crippen molar-refractivity contribution in [3.63, 3.8) is 0 Å². The van der Waals surface area contributed by atoms with E-state index in [2.05, 4.69) is 4.74 Å². The molecule has 0 aromatic rings. The molecule has 0 saturated heterocycles. The Hall–Kier alpha value is -1.12. The number of nitriles is 1. The predicted molar refractivity (Wildman–Crippen MR) is 50.1 cm³/mol. The molecular formula is C9H16N2O3. The number of rotatable bonds is 6. The summed E-state index contributed by atoms with van der Waals surface area (Å²) >= 11 is 0. The number of ether oxygens (including phenoxy) is 1. The van der Waals surface area contributed by atoms with E-state index in [1.165, 1.54) is 12.0 Å². The van der Waals surface area contributed by atoms with Gasteiger partial charge in [-0.05, 0) is 6.42 Å². The molecule has 0 fully saturated rings. The van der Waals surface area contributed by atoms with Crippen LogP contribution in [-0.4, -0.2) is 42.4 Å². The van der Waals surface area contributed by atoms with Crippen molar-refractivity contribution in [2.24, 2.45) is 0 Å². The summed E-state index contributed by atoms with van der Waals surface area (Å²) < 4.78 is 4.47. The van der Waals surface area contributed by atoms with E-state index in [1.54, 1.807) is 0 Å². The summed E-state index contributed by atoms with van der Waals surface area (Å²) in [5.41, 5.74) is 0. The third kappa shape index (κ3) is 4.21. The number of unbranched alkanes of at least 4 members (excludes halogenated alkanes) is 1. The van der Waals surface area contributed by atoms with Crippen LogP contribution in [-0.2, 0) is 9.53 Å². The van der Waals surface area contributed by atoms with E-state index in [9.17, 15) is 4.79 Å². The average Bonchev–Trinajstić information content (AvgIpc) is 2.22. The van der Waals surface area contributed by atoms with Crippen molar-refractivity contribution < 1.29 is 14.6 Å². The van der Waals surface area contributed by atoms with E-state index in [4.69, 9.17) is 10.4 Å². The molecule has 1 atom stereocenters. The number of methoxy groups -OCH3 is 1. The molecule has 0 aliphatic heterocycles. The number of nitrogens with zero attached hydrogens (tertiary/aromatic N) is 2. The van der Waals surface area contributed by atoms with Gasteiger partial charge in [0.25, 0.3) is 5.91 Å². The summed E-state index contributed by atoms with van der Waals surface area (Å²) in [4.78, 5) is 12.7. The largest absolute Gasteiger partial charge is 0.361 e. The average molecular weight is 200 g/mol. The monoisotopic (exact) mass is 200 g/mol. The topological polar surface area (TPSA) is 73.6 Å². The Kier molecular flexibility index (Phi) is 6.72. The Morgan fingerprint density at radius 2 is 2.36 bits per heavy atom. The first-order valence-electron chi connectivity index (χ1n) is 4.54. The van der Waals surface area contributed by atoms with Crippen LogP contribution in [0, 0.1) is 11.3 Å². The molecule has 0 aliphatic rings. The molecule has 80 valence electrons. The van der Waals surface area contributed by atoms with Crippen LogP contribution in [0.25, 0.3) is 0 Å². The Morgan fingerprint density at radius 1 is 1.71 bits per heavy atom. The summed E-state index contributed by atoms with van der Waals surface area (Å²) in [5.74, 6) is -0.553. The van der Waals surface area contributed by atoms with Crippen LogP contribution in [0.2, 0.25) is 0 Å². The Morgan fingerprint density at radius 3 is 2.79 bits per heavy atom. The third-order valence-electron chi connectivity index (χ3n) is 1.79. The minimum atomic E-state index is -1.46. The van der Waals surface area contributed by atoms with Gasteiger partial charge >= 0.3 is 0 Å². The zero-order valence-electron chi connectivity index (χ0n) is 8.56. The molecule has 1 unspecified atom stereocenters. The fourth-order valence-corrected chi connectivity index (χ4v) is 0.959. The summed E-state index contributed by atoms with van der Waals surface area (Å²) in [6.45, 7) is 2.45. The summed E-state index contributed by atoms with van der Waals surface area (Å²) in [6, 6.07) is 1.87. The molecule has 5 nitrogen and oxygen atoms in total. The van der Waals surface area contributed by atoms with Crippen molar-refractivity contribution in [2.45, 2.75) is 26.1 Å². The van der Waals surface area contributed by atoms with E-state index in [1.807, 2.05) is 13.0 Å². The van der Waals surface area contributed by atoms with Crippen molar-refractivity contribution in [2.75, 3.05) is 20.2 Å². The van der Waals surface area contributed by atoms with Gasteiger partial charge in [0.15, 0.2) is 0 Å². The lowest BCUT2D eigenvalue weighted by molar-refractivity contribution is -0.163. The molecular weight excluding hydrogens is 184 g/mol. The second kappa shape index (κ2) is 7.30. The molecule has 0 aliphatic carbocycles. The Balaban J connectivity index is 4.18. The fraction of sp³-hybridized carbons (Fsp3) is 0.778. The first kappa shape index (κ1) is 12.9. The van der Waals surface area contributed by atoms with Gasteiger partial charge in [-0.1, -0.05) is 13.3 Å². The maximum Gasteiger partial charge on any atom is 0.280 e. The van der Waals surface area contributed by atoms with E-state index < -0.39 is 12.2 Å². The Bertz CT molecular complexity index is 213. The van der Waals surface area contributed by atoms with E-state index >= 15 is 0 Å². The first-order chi connectivity index (χ1) is 6.67. The molecule has 0 spiro atoms. The molecule has 0 aromatic carbocycles. The summed E-state index contributed by atoms with van der Waals surface area (Å²) in [7, 11) is 1.24. The van der Waals surface area contributed by atoms with Gasteiger partial charge in [-0.3, -0.25) is 4.79 Å². The number of carbonyl (C=O) groups excluding carboxylic acids is 1. The number of hydrogen-bond donors (Lipinski definition) is 1. The second-order valence-electron chi connectivity index (χ2n) is 2.86. The van der Waals surface area contributed by atoms with Crippen LogP contribution >= 0.6 is 0 Å². The van der Waals surface area contributed by atoms with Crippen LogP contribution in [0.3, 0.4) is 0 Å². The molecule has 1 N–H and O–H groups in total. The zero-order valence-corrected chi connectivity index (χ0v) is 8.56. The lowest BCUT2D eigenvalue weighted by Gasteiger charge is -2.21. The lowest BCUT2D eigenvalue weighted by atomic mass is 10.3. The van der Waals surface area contributed by atoms with E-state index in [0.29, 0.717) is 6.54 Å². The van der Waals surface area contributed by atoms with Crippen molar-refractivity contribution in [3.8, 4) is 6.07 Å². The highest BCUT2D eigenvalue weighted by Gasteiger charge is 2.20. The van der Waals surface area contributed by atoms with Gasteiger partial charge < -0.3 is 14.7 Å². The minimum absolute atomic E-state index is 0.0146. The van der Waals surface area contributed by atoms with Crippen LogP contribution in [0.1, 0.15) is 19.8 Å². The SMILES string of the molecule is CCCCN(CC#N)C(=O)C(O)OC. The van der Waals surface area contributed by atoms with Crippen LogP contribution in [0.5, 0.6) is 0 Å². The van der Waals surface area contributed by atoms with Gasteiger partial charge in [-0.2, -0.15) is 5.26 Å². The number of aliphatic hydroxyl groups excluding tert-OH is 1. The predicted octanol–water partition coefficient (Wildman–Crippen LogP) is 0.103. The molecule has 1 amide bonds. The fourth-order valence-electron chi connectivity index (χ4n) is 0.959.